The Kier molecular flexibility index (Phi) is 5.93. The molecule has 2 heterocycles. The van der Waals surface area contributed by atoms with E-state index >= 15 is 0 Å². The van der Waals surface area contributed by atoms with Crippen molar-refractivity contribution in [3.8, 4) is 0 Å². The molecule has 0 spiro atoms. The summed E-state index contributed by atoms with van der Waals surface area (Å²) in [6, 6.07) is 1.62. The minimum absolute atomic E-state index is 0.141. The van der Waals surface area contributed by atoms with Gasteiger partial charge in [-0.05, 0) is 37.6 Å². The molecule has 0 unspecified atom stereocenters. The van der Waals surface area contributed by atoms with Crippen LogP contribution in [0.1, 0.15) is 22.8 Å². The maximum atomic E-state index is 12.0. The van der Waals surface area contributed by atoms with Crippen molar-refractivity contribution in [3.63, 3.8) is 0 Å². The van der Waals surface area contributed by atoms with Gasteiger partial charge in [-0.1, -0.05) is 0 Å². The lowest BCUT2D eigenvalue weighted by Crippen LogP contribution is -2.19. The monoisotopic (exact) mass is 374 g/mol. The first kappa shape index (κ1) is 19.9. The molecule has 0 atom stereocenters. The SMILES string of the molecule is Cc1cc(C(F)(F)F)nc(=O)[nH]1.Cc1cc(C(F)(F)F)nc(Cl)n1. The number of nitrogens with one attached hydrogen (secondary N) is 1. The molecule has 2 rings (SSSR count). The number of aromatic nitrogens is 4. The Bertz CT molecular complexity index is 751. The van der Waals surface area contributed by atoms with E-state index in [2.05, 4.69) is 19.9 Å². The first-order valence-corrected chi connectivity index (χ1v) is 6.40. The zero-order valence-electron chi connectivity index (χ0n) is 12.1. The standard InChI is InChI=1S/C6H4ClF3N2.C6H5F3N2O/c1-3-2-4(6(8,9)10)12-5(7)11-3;1-3-2-4(6(7,8)9)11-5(12)10-3/h2H,1H3;2H,1H3,(H,10,11,12). The second-order valence-corrected chi connectivity index (χ2v) is 4.75. The molecule has 0 amide bonds. The molecule has 132 valence electrons. The van der Waals surface area contributed by atoms with Crippen LogP contribution in [0.5, 0.6) is 0 Å². The Balaban J connectivity index is 0.000000240. The molecular weight excluding hydrogens is 366 g/mol. The highest BCUT2D eigenvalue weighted by molar-refractivity contribution is 6.28. The van der Waals surface area contributed by atoms with Crippen LogP contribution in [0.4, 0.5) is 26.3 Å². The summed E-state index contributed by atoms with van der Waals surface area (Å²) in [4.78, 5) is 21.9. The van der Waals surface area contributed by atoms with Gasteiger partial charge in [0.05, 0.1) is 0 Å². The van der Waals surface area contributed by atoms with E-state index in [1.54, 1.807) is 0 Å². The van der Waals surface area contributed by atoms with Crippen LogP contribution in [0.2, 0.25) is 5.28 Å². The predicted octanol–water partition coefficient (Wildman–Crippen LogP) is 3.55. The molecular formula is C12H9ClF6N4O. The van der Waals surface area contributed by atoms with Gasteiger partial charge in [-0.2, -0.15) is 31.3 Å². The number of hydrogen-bond acceptors (Lipinski definition) is 4. The molecule has 0 saturated heterocycles. The minimum atomic E-state index is -4.56. The van der Waals surface area contributed by atoms with Gasteiger partial charge in [-0.25, -0.2) is 14.8 Å². The highest BCUT2D eigenvalue weighted by Crippen LogP contribution is 2.28. The van der Waals surface area contributed by atoms with E-state index in [1.807, 2.05) is 0 Å². The van der Waals surface area contributed by atoms with Crippen molar-refractivity contribution in [2.75, 3.05) is 0 Å². The van der Waals surface area contributed by atoms with E-state index in [0.29, 0.717) is 0 Å². The Morgan fingerprint density at radius 1 is 0.917 bits per heavy atom. The summed E-state index contributed by atoms with van der Waals surface area (Å²) in [6.07, 6.45) is -9.02. The number of aromatic amines is 1. The van der Waals surface area contributed by atoms with Crippen molar-refractivity contribution >= 4 is 11.6 Å². The molecule has 0 aliphatic heterocycles. The van der Waals surface area contributed by atoms with Crippen LogP contribution in [0, 0.1) is 13.8 Å². The summed E-state index contributed by atoms with van der Waals surface area (Å²) in [5.74, 6) is 0. The molecule has 0 aliphatic rings. The number of H-pyrrole nitrogens is 1. The van der Waals surface area contributed by atoms with E-state index in [0.717, 1.165) is 12.1 Å². The number of hydrogen-bond donors (Lipinski definition) is 1. The second kappa shape index (κ2) is 7.16. The molecule has 1 N–H and O–H groups in total. The summed E-state index contributed by atoms with van der Waals surface area (Å²) in [5.41, 5.74) is -2.82. The third kappa shape index (κ3) is 6.14. The van der Waals surface area contributed by atoms with E-state index in [4.69, 9.17) is 11.6 Å². The number of rotatable bonds is 0. The molecule has 0 radical (unpaired) electrons. The highest BCUT2D eigenvalue weighted by Gasteiger charge is 2.33. The lowest BCUT2D eigenvalue weighted by atomic mass is 10.3. The third-order valence-corrected chi connectivity index (χ3v) is 2.46. The van der Waals surface area contributed by atoms with Gasteiger partial charge in [0.15, 0.2) is 5.69 Å². The fourth-order valence-corrected chi connectivity index (χ4v) is 1.63. The number of alkyl halides is 6. The summed E-state index contributed by atoms with van der Waals surface area (Å²) in [6.45, 7) is 2.78. The van der Waals surface area contributed by atoms with Crippen LogP contribution in [-0.2, 0) is 12.4 Å². The van der Waals surface area contributed by atoms with Crippen LogP contribution in [0.25, 0.3) is 0 Å². The van der Waals surface area contributed by atoms with Crippen LogP contribution in [0.15, 0.2) is 16.9 Å². The molecule has 0 aliphatic carbocycles. The van der Waals surface area contributed by atoms with Crippen molar-refractivity contribution in [1.82, 2.24) is 19.9 Å². The van der Waals surface area contributed by atoms with Gasteiger partial charge >= 0.3 is 18.0 Å². The number of nitrogens with zero attached hydrogens (tertiary/aromatic N) is 3. The zero-order chi connectivity index (χ0) is 18.7. The van der Waals surface area contributed by atoms with E-state index in [-0.39, 0.29) is 16.7 Å². The minimum Gasteiger partial charge on any atom is -0.310 e. The molecule has 12 heteroatoms. The van der Waals surface area contributed by atoms with Gasteiger partial charge in [-0.15, -0.1) is 0 Å². The molecule has 24 heavy (non-hydrogen) atoms. The average Bonchev–Trinajstić information content (AvgIpc) is 2.35. The van der Waals surface area contributed by atoms with E-state index in [9.17, 15) is 31.1 Å². The van der Waals surface area contributed by atoms with Gasteiger partial charge < -0.3 is 4.98 Å². The van der Waals surface area contributed by atoms with E-state index < -0.39 is 29.4 Å². The summed E-state index contributed by atoms with van der Waals surface area (Å²) in [7, 11) is 0. The van der Waals surface area contributed by atoms with Crippen LogP contribution >= 0.6 is 11.6 Å². The predicted molar refractivity (Wildman–Crippen MR) is 71.4 cm³/mol. The van der Waals surface area contributed by atoms with Crippen LogP contribution in [-0.4, -0.2) is 19.9 Å². The van der Waals surface area contributed by atoms with Crippen molar-refractivity contribution in [2.24, 2.45) is 0 Å². The zero-order valence-corrected chi connectivity index (χ0v) is 12.8. The Morgan fingerprint density at radius 2 is 1.42 bits per heavy atom. The summed E-state index contributed by atoms with van der Waals surface area (Å²) < 4.78 is 71.8. The second-order valence-electron chi connectivity index (χ2n) is 4.41. The maximum absolute atomic E-state index is 12.0. The van der Waals surface area contributed by atoms with Crippen molar-refractivity contribution in [1.29, 1.82) is 0 Å². The molecule has 2 aromatic rings. The van der Waals surface area contributed by atoms with Gasteiger partial charge in [0.1, 0.15) is 5.69 Å². The Hall–Kier alpha value is -2.17. The first-order chi connectivity index (χ1) is 10.8. The normalized spacial score (nSPS) is 11.7. The van der Waals surface area contributed by atoms with Crippen molar-refractivity contribution < 1.29 is 26.3 Å². The average molecular weight is 375 g/mol. The van der Waals surface area contributed by atoms with Gasteiger partial charge in [-0.3, -0.25) is 0 Å². The summed E-state index contributed by atoms with van der Waals surface area (Å²) in [5, 5.41) is -0.387. The molecule has 2 aromatic heterocycles. The molecule has 0 saturated carbocycles. The van der Waals surface area contributed by atoms with Crippen LogP contribution in [0.3, 0.4) is 0 Å². The number of halogens is 7. The molecule has 0 bridgehead atoms. The summed E-state index contributed by atoms with van der Waals surface area (Å²) >= 11 is 5.23. The molecule has 0 fully saturated rings. The molecule has 0 aromatic carbocycles. The van der Waals surface area contributed by atoms with Gasteiger partial charge in [0.25, 0.3) is 0 Å². The number of aryl methyl sites for hydroxylation is 2. The van der Waals surface area contributed by atoms with Gasteiger partial charge in [0, 0.05) is 11.4 Å². The first-order valence-electron chi connectivity index (χ1n) is 6.02. The Labute approximate surface area is 135 Å². The largest absolute Gasteiger partial charge is 0.433 e. The quantitative estimate of drug-likeness (QED) is 0.565. The highest BCUT2D eigenvalue weighted by atomic mass is 35.5. The van der Waals surface area contributed by atoms with Gasteiger partial charge in [0.2, 0.25) is 5.28 Å². The van der Waals surface area contributed by atoms with Crippen molar-refractivity contribution in [3.05, 3.63) is 50.7 Å². The smallest absolute Gasteiger partial charge is 0.310 e. The molecule has 5 nitrogen and oxygen atoms in total. The maximum Gasteiger partial charge on any atom is 0.433 e. The lowest BCUT2D eigenvalue weighted by molar-refractivity contribution is -0.142. The van der Waals surface area contributed by atoms with Crippen molar-refractivity contribution in [2.45, 2.75) is 26.2 Å². The lowest BCUT2D eigenvalue weighted by Gasteiger charge is -2.05. The topological polar surface area (TPSA) is 71.5 Å². The third-order valence-electron chi connectivity index (χ3n) is 2.29. The Morgan fingerprint density at radius 3 is 1.83 bits per heavy atom. The fraction of sp³-hybridized carbons (Fsp3) is 0.333. The fourth-order valence-electron chi connectivity index (χ4n) is 1.40. The van der Waals surface area contributed by atoms with E-state index in [1.165, 1.54) is 13.8 Å². The van der Waals surface area contributed by atoms with Crippen LogP contribution < -0.4 is 5.69 Å².